The normalized spacial score (nSPS) is 53.5. The average Bonchev–Trinajstić information content (AvgIpc) is 3.35. The maximum absolute atomic E-state index is 13.2. The minimum absolute atomic E-state index is 0.0104. The van der Waals surface area contributed by atoms with E-state index in [1.807, 2.05) is 13.2 Å². The Morgan fingerprint density at radius 3 is 2.88 bits per heavy atom. The highest BCUT2D eigenvalue weighted by atomic mass is 16.7. The standard InChI is InChI=1S/C20H22O4/c1-9-5-6-12-13(11(3)8-22-12)15-14(9)20-16(21)10(2)7-19(20,24-20)17-18(15,4)23-17/h8,10,14-15,17H,1,5-7H2,2-4H3/t10-,14+,15+,17+,18+,19+,20+/m1/s1. The van der Waals surface area contributed by atoms with Crippen molar-refractivity contribution in [2.75, 3.05) is 0 Å². The molecule has 0 unspecified atom stereocenters. The minimum atomic E-state index is -0.694. The van der Waals surface area contributed by atoms with Gasteiger partial charge in [-0.2, -0.15) is 0 Å². The van der Waals surface area contributed by atoms with Crippen LogP contribution in [0.15, 0.2) is 22.8 Å². The second kappa shape index (κ2) is 3.58. The first-order chi connectivity index (χ1) is 11.4. The number of carbonyl (C=O) groups is 1. The van der Waals surface area contributed by atoms with Gasteiger partial charge in [-0.1, -0.05) is 19.1 Å². The van der Waals surface area contributed by atoms with Crippen LogP contribution < -0.4 is 0 Å². The molecule has 4 heteroatoms. The largest absolute Gasteiger partial charge is 0.469 e. The molecule has 4 fully saturated rings. The van der Waals surface area contributed by atoms with Gasteiger partial charge in [0.25, 0.3) is 0 Å². The van der Waals surface area contributed by atoms with Crippen molar-refractivity contribution in [1.82, 2.24) is 0 Å². The molecule has 0 aromatic carbocycles. The van der Waals surface area contributed by atoms with Gasteiger partial charge >= 0.3 is 0 Å². The molecule has 2 saturated heterocycles. The van der Waals surface area contributed by atoms with Gasteiger partial charge in [0.2, 0.25) is 0 Å². The summed E-state index contributed by atoms with van der Waals surface area (Å²) in [5.74, 6) is 1.47. The molecular weight excluding hydrogens is 304 g/mol. The van der Waals surface area contributed by atoms with Crippen LogP contribution in [0, 0.1) is 18.8 Å². The van der Waals surface area contributed by atoms with E-state index in [4.69, 9.17) is 13.9 Å². The Labute approximate surface area is 141 Å². The van der Waals surface area contributed by atoms with Crippen LogP contribution in [0.5, 0.6) is 0 Å². The highest BCUT2D eigenvalue weighted by molar-refractivity contribution is 5.99. The number of Topliss-reactive ketones (excluding diaryl/α,β-unsaturated/α-hetero) is 1. The fourth-order valence-corrected chi connectivity index (χ4v) is 6.57. The van der Waals surface area contributed by atoms with Gasteiger partial charge in [-0.15, -0.1) is 0 Å². The van der Waals surface area contributed by atoms with Crippen LogP contribution >= 0.6 is 0 Å². The van der Waals surface area contributed by atoms with Gasteiger partial charge in [0.15, 0.2) is 11.4 Å². The number of rotatable bonds is 0. The smallest absolute Gasteiger partial charge is 0.171 e. The number of ketones is 1. The lowest BCUT2D eigenvalue weighted by molar-refractivity contribution is -0.129. The number of aryl methyl sites for hydroxylation is 2. The maximum Gasteiger partial charge on any atom is 0.171 e. The lowest BCUT2D eigenvalue weighted by Gasteiger charge is -2.37. The van der Waals surface area contributed by atoms with Crippen LogP contribution in [0.3, 0.4) is 0 Å². The van der Waals surface area contributed by atoms with E-state index in [9.17, 15) is 4.79 Å². The Morgan fingerprint density at radius 2 is 2.08 bits per heavy atom. The van der Waals surface area contributed by atoms with Crippen molar-refractivity contribution in [3.8, 4) is 0 Å². The number of furan rings is 1. The van der Waals surface area contributed by atoms with Crippen molar-refractivity contribution in [2.24, 2.45) is 11.8 Å². The quantitative estimate of drug-likeness (QED) is 0.543. The molecule has 0 N–H and O–H groups in total. The van der Waals surface area contributed by atoms with E-state index in [1.165, 1.54) is 5.56 Å². The summed E-state index contributed by atoms with van der Waals surface area (Å²) in [6, 6.07) is 0. The fraction of sp³-hybridized carbons (Fsp3) is 0.650. The van der Waals surface area contributed by atoms with Crippen molar-refractivity contribution in [1.29, 1.82) is 0 Å². The highest BCUT2D eigenvalue weighted by Gasteiger charge is 2.95. The molecule has 2 aliphatic heterocycles. The van der Waals surface area contributed by atoms with E-state index in [0.717, 1.165) is 36.2 Å². The van der Waals surface area contributed by atoms with Crippen molar-refractivity contribution in [3.05, 3.63) is 35.3 Å². The monoisotopic (exact) mass is 326 g/mol. The summed E-state index contributed by atoms with van der Waals surface area (Å²) < 4.78 is 18.5. The third-order valence-electron chi connectivity index (χ3n) is 7.53. The summed E-state index contributed by atoms with van der Waals surface area (Å²) in [4.78, 5) is 13.2. The van der Waals surface area contributed by atoms with Crippen molar-refractivity contribution in [2.45, 2.75) is 68.9 Å². The third kappa shape index (κ3) is 1.13. The molecule has 7 atom stereocenters. The first kappa shape index (κ1) is 13.9. The summed E-state index contributed by atoms with van der Waals surface area (Å²) in [6.45, 7) is 10.7. The second-order valence-electron chi connectivity index (χ2n) is 8.75. The number of ether oxygens (including phenoxy) is 2. The van der Waals surface area contributed by atoms with Gasteiger partial charge in [-0.25, -0.2) is 0 Å². The van der Waals surface area contributed by atoms with E-state index in [-0.39, 0.29) is 35.2 Å². The molecule has 2 saturated carbocycles. The van der Waals surface area contributed by atoms with Gasteiger partial charge in [0.05, 0.1) is 6.26 Å². The molecule has 126 valence electrons. The van der Waals surface area contributed by atoms with E-state index in [0.29, 0.717) is 0 Å². The Hall–Kier alpha value is -1.39. The number of hydrogen-bond donors (Lipinski definition) is 0. The van der Waals surface area contributed by atoms with Crippen molar-refractivity contribution < 1.29 is 18.7 Å². The van der Waals surface area contributed by atoms with Crippen LogP contribution in [-0.4, -0.2) is 28.7 Å². The lowest BCUT2D eigenvalue weighted by Crippen LogP contribution is -2.51. The van der Waals surface area contributed by atoms with E-state index >= 15 is 0 Å². The van der Waals surface area contributed by atoms with Gasteiger partial charge in [-0.3, -0.25) is 4.79 Å². The Kier molecular flexibility index (Phi) is 2.07. The summed E-state index contributed by atoms with van der Waals surface area (Å²) in [7, 11) is 0. The molecule has 0 spiro atoms. The zero-order chi connectivity index (χ0) is 16.6. The number of epoxide rings is 2. The van der Waals surface area contributed by atoms with Crippen LogP contribution in [0.1, 0.15) is 49.5 Å². The maximum atomic E-state index is 13.2. The summed E-state index contributed by atoms with van der Waals surface area (Å²) in [6.07, 6.45) is 4.36. The van der Waals surface area contributed by atoms with Crippen LogP contribution in [-0.2, 0) is 20.7 Å². The number of carbonyl (C=O) groups excluding carboxylic acids is 1. The molecule has 0 amide bonds. The Bertz CT molecular complexity index is 837. The van der Waals surface area contributed by atoms with Crippen LogP contribution in [0.4, 0.5) is 0 Å². The van der Waals surface area contributed by atoms with Gasteiger partial charge in [0.1, 0.15) is 23.1 Å². The highest BCUT2D eigenvalue weighted by Crippen LogP contribution is 2.80. The number of fused-ring (bicyclic) bond motifs is 5. The minimum Gasteiger partial charge on any atom is -0.469 e. The first-order valence-electron chi connectivity index (χ1n) is 9.03. The topological polar surface area (TPSA) is 55.3 Å². The summed E-state index contributed by atoms with van der Waals surface area (Å²) in [5, 5.41) is 0. The zero-order valence-corrected chi connectivity index (χ0v) is 14.3. The molecule has 24 heavy (non-hydrogen) atoms. The number of hydrogen-bond acceptors (Lipinski definition) is 4. The van der Waals surface area contributed by atoms with Gasteiger partial charge in [0, 0.05) is 29.7 Å². The van der Waals surface area contributed by atoms with E-state index in [1.54, 1.807) is 0 Å². The first-order valence-corrected chi connectivity index (χ1v) is 9.03. The van der Waals surface area contributed by atoms with E-state index in [2.05, 4.69) is 20.4 Å². The molecule has 3 aliphatic carbocycles. The predicted molar refractivity (Wildman–Crippen MR) is 85.8 cm³/mol. The Morgan fingerprint density at radius 1 is 1.29 bits per heavy atom. The van der Waals surface area contributed by atoms with Gasteiger partial charge in [-0.05, 0) is 32.3 Å². The SMILES string of the molecule is C=C1CCc2occ(C)c2[C@H]2[C@H]1[C@@]13O[C@@]1(C[C@@H](C)C3=O)[C@H]1O[C@@]21C. The van der Waals surface area contributed by atoms with Crippen LogP contribution in [0.25, 0.3) is 0 Å². The van der Waals surface area contributed by atoms with Crippen LogP contribution in [0.2, 0.25) is 0 Å². The molecule has 1 aromatic rings. The molecule has 5 aliphatic rings. The lowest BCUT2D eigenvalue weighted by atomic mass is 9.59. The summed E-state index contributed by atoms with van der Waals surface area (Å²) >= 11 is 0. The molecule has 3 heterocycles. The molecule has 6 rings (SSSR count). The molecule has 0 radical (unpaired) electrons. The molecule has 0 bridgehead atoms. The molecule has 1 aromatic heterocycles. The fourth-order valence-electron chi connectivity index (χ4n) is 6.57. The predicted octanol–water partition coefficient (Wildman–Crippen LogP) is 3.08. The molecular formula is C20H22O4. The molecule has 4 nitrogen and oxygen atoms in total. The average molecular weight is 326 g/mol. The zero-order valence-electron chi connectivity index (χ0n) is 14.3. The second-order valence-corrected chi connectivity index (χ2v) is 8.75. The van der Waals surface area contributed by atoms with Gasteiger partial charge < -0.3 is 13.9 Å². The van der Waals surface area contributed by atoms with E-state index < -0.39 is 11.2 Å². The van der Waals surface area contributed by atoms with Crippen molar-refractivity contribution in [3.63, 3.8) is 0 Å². The summed E-state index contributed by atoms with van der Waals surface area (Å²) in [5.41, 5.74) is 2.17. The third-order valence-corrected chi connectivity index (χ3v) is 7.53. The Balaban J connectivity index is 1.63. The van der Waals surface area contributed by atoms with Crippen molar-refractivity contribution >= 4 is 5.78 Å².